The molecule has 4 heterocycles. The van der Waals surface area contributed by atoms with Crippen molar-refractivity contribution >= 4 is 41.7 Å². The number of hydrogen-bond donors (Lipinski definition) is 4. The molecule has 0 spiro atoms. The predicted molar refractivity (Wildman–Crippen MR) is 181 cm³/mol. The lowest BCUT2D eigenvalue weighted by Crippen LogP contribution is -2.45. The second-order valence-corrected chi connectivity index (χ2v) is 14.2. The molecule has 0 aliphatic carbocycles. The highest BCUT2D eigenvalue weighted by atomic mass is 31.2. The van der Waals surface area contributed by atoms with Crippen LogP contribution in [-0.2, 0) is 30.0 Å². The Morgan fingerprint density at radius 3 is 2.69 bits per heavy atom. The number of carbonyl (C=O) groups excluding carboxylic acids is 1. The lowest BCUT2D eigenvalue weighted by molar-refractivity contribution is -0.148. The predicted octanol–water partition coefficient (Wildman–Crippen LogP) is 3.81. The second kappa shape index (κ2) is 14.7. The molecule has 5 N–H and O–H groups in total. The van der Waals surface area contributed by atoms with Gasteiger partial charge in [0.25, 0.3) is 0 Å². The highest BCUT2D eigenvalue weighted by molar-refractivity contribution is 7.52. The van der Waals surface area contributed by atoms with Gasteiger partial charge in [-0.25, -0.2) is 18.3 Å². The molecule has 1 saturated heterocycles. The van der Waals surface area contributed by atoms with Crippen LogP contribution in [-0.4, -0.2) is 78.3 Å². The van der Waals surface area contributed by atoms with Crippen LogP contribution in [0.3, 0.4) is 0 Å². The van der Waals surface area contributed by atoms with Gasteiger partial charge < -0.3 is 34.7 Å². The number of aliphatic hydroxyl groups excluding tert-OH is 1. The molecule has 0 radical (unpaired) electrons. The Morgan fingerprint density at radius 1 is 1.17 bits per heavy atom. The zero-order valence-electron chi connectivity index (χ0n) is 28.3. The summed E-state index contributed by atoms with van der Waals surface area (Å²) in [6, 6.07) is 9.66. The number of aromatic nitrogens is 5. The Hall–Kier alpha value is -4.84. The maximum Gasteiger partial charge on any atom is 0.459 e. The van der Waals surface area contributed by atoms with E-state index >= 15 is 0 Å². The van der Waals surface area contributed by atoms with Crippen LogP contribution in [0.4, 0.5) is 14.7 Å². The molecular weight excluding hydrogens is 707 g/mol. The van der Waals surface area contributed by atoms with Crippen molar-refractivity contribution in [3.05, 3.63) is 78.3 Å². The van der Waals surface area contributed by atoms with Gasteiger partial charge in [0.15, 0.2) is 17.4 Å². The van der Waals surface area contributed by atoms with Gasteiger partial charge in [-0.3, -0.25) is 18.9 Å². The molecule has 3 unspecified atom stereocenters. The summed E-state index contributed by atoms with van der Waals surface area (Å²) in [4.78, 5) is 30.1. The smallest absolute Gasteiger partial charge is 0.459 e. The molecular formula is C33H36F2N7O9P. The number of fused-ring (bicyclic) bond motifs is 2. The Bertz CT molecular complexity index is 2150. The number of aliphatic hydroxyl groups is 2. The number of nitrogens with one attached hydrogen (secondary N) is 1. The second-order valence-electron chi connectivity index (χ2n) is 12.5. The summed E-state index contributed by atoms with van der Waals surface area (Å²) in [5.41, 5.74) is 4.66. The van der Waals surface area contributed by atoms with Gasteiger partial charge in [0.05, 0.1) is 25.6 Å². The zero-order valence-corrected chi connectivity index (χ0v) is 29.2. The number of rotatable bonds is 13. The van der Waals surface area contributed by atoms with Crippen LogP contribution >= 0.6 is 7.75 Å². The maximum atomic E-state index is 14.7. The minimum atomic E-state index is -4.63. The summed E-state index contributed by atoms with van der Waals surface area (Å²) in [7, 11) is -3.25. The van der Waals surface area contributed by atoms with Crippen molar-refractivity contribution < 1.29 is 51.6 Å². The van der Waals surface area contributed by atoms with Gasteiger partial charge in [-0.2, -0.15) is 15.1 Å². The maximum absolute atomic E-state index is 14.7. The van der Waals surface area contributed by atoms with Gasteiger partial charge in [0, 0.05) is 23.2 Å². The summed E-state index contributed by atoms with van der Waals surface area (Å²) < 4.78 is 72.2. The third-order valence-corrected chi connectivity index (χ3v) is 9.96. The number of nitrogen functional groups attached to an aromatic ring is 1. The van der Waals surface area contributed by atoms with E-state index in [0.717, 1.165) is 12.1 Å². The monoisotopic (exact) mass is 743 g/mol. The molecule has 1 aliphatic heterocycles. The summed E-state index contributed by atoms with van der Waals surface area (Å²) in [6.07, 6.45) is -1.38. The Balaban J connectivity index is 1.27. The SMILES string of the molecule is COc1nc(N)nc2c1ncn2C1O[C@H](COP(=O)(NC(C(=O)OCc2ccc(F)cc2F)C(C)C)Oc2cccc3ncccc23)[C@@H](O)[C@@]1(C)O. The molecule has 6 rings (SSSR count). The zero-order chi connectivity index (χ0) is 37.4. The number of benzene rings is 2. The number of carbonyl (C=O) groups is 1. The molecule has 1 aliphatic rings. The first-order valence-electron chi connectivity index (χ1n) is 16.0. The number of nitrogens with zero attached hydrogens (tertiary/aromatic N) is 5. The molecule has 16 nitrogen and oxygen atoms in total. The Kier molecular flexibility index (Phi) is 10.4. The van der Waals surface area contributed by atoms with Gasteiger partial charge in [-0.05, 0) is 49.2 Å². The normalized spacial score (nSPS) is 22.1. The van der Waals surface area contributed by atoms with Crippen molar-refractivity contribution in [2.24, 2.45) is 5.92 Å². The minimum Gasteiger partial charge on any atom is -0.479 e. The fourth-order valence-corrected chi connectivity index (χ4v) is 7.35. The van der Waals surface area contributed by atoms with Crippen molar-refractivity contribution in [2.45, 2.75) is 57.5 Å². The van der Waals surface area contributed by atoms with Gasteiger partial charge in [0.2, 0.25) is 11.8 Å². The lowest BCUT2D eigenvalue weighted by atomic mass is 9.96. The van der Waals surface area contributed by atoms with E-state index in [2.05, 4.69) is 25.0 Å². The summed E-state index contributed by atoms with van der Waals surface area (Å²) >= 11 is 0. The van der Waals surface area contributed by atoms with E-state index in [0.29, 0.717) is 17.0 Å². The summed E-state index contributed by atoms with van der Waals surface area (Å²) in [5.74, 6) is -3.21. The van der Waals surface area contributed by atoms with Crippen LogP contribution < -0.4 is 20.1 Å². The molecule has 2 aromatic carbocycles. The molecule has 1 fully saturated rings. The van der Waals surface area contributed by atoms with Crippen LogP contribution in [0.25, 0.3) is 22.1 Å². The van der Waals surface area contributed by atoms with Crippen molar-refractivity contribution in [3.8, 4) is 11.6 Å². The first-order valence-corrected chi connectivity index (χ1v) is 17.5. The van der Waals surface area contributed by atoms with E-state index in [1.165, 1.54) is 31.0 Å². The fraction of sp³-hybridized carbons (Fsp3) is 0.364. The highest BCUT2D eigenvalue weighted by Gasteiger charge is 2.54. The lowest BCUT2D eigenvalue weighted by Gasteiger charge is -2.28. The van der Waals surface area contributed by atoms with Gasteiger partial charge >= 0.3 is 13.7 Å². The molecule has 5 aromatic rings. The standard InChI is InChI=1S/C33H36F2N7O9P/c1-17(2)25(30(44)48-14-18-10-11-19(34)13-21(18)35)41-52(46,51-23-9-5-8-22-20(23)7-6-12-37-22)49-15-24-27(43)33(3,45)31(50-24)42-16-38-26-28(42)39-32(36)40-29(26)47-4/h5-13,16-17,24-25,27,31,43,45H,14-15H2,1-4H3,(H,41,46)(H2,36,39,40)/t24-,25?,27-,31?,33-,52?/m1/s1. The quantitative estimate of drug-likeness (QED) is 0.0997. The molecule has 6 atom stereocenters. The molecule has 276 valence electrons. The number of hydrogen-bond acceptors (Lipinski definition) is 14. The van der Waals surface area contributed by atoms with Crippen molar-refractivity contribution in [2.75, 3.05) is 19.5 Å². The Labute approximate surface area is 295 Å². The van der Waals surface area contributed by atoms with Crippen LogP contribution in [0.2, 0.25) is 0 Å². The van der Waals surface area contributed by atoms with E-state index in [1.54, 1.807) is 44.3 Å². The number of esters is 1. The van der Waals surface area contributed by atoms with Crippen molar-refractivity contribution in [1.29, 1.82) is 0 Å². The largest absolute Gasteiger partial charge is 0.479 e. The molecule has 0 amide bonds. The molecule has 0 bridgehead atoms. The highest BCUT2D eigenvalue weighted by Crippen LogP contribution is 2.49. The number of halogens is 2. The van der Waals surface area contributed by atoms with E-state index in [1.807, 2.05) is 0 Å². The number of methoxy groups -OCH3 is 1. The summed E-state index contributed by atoms with van der Waals surface area (Å²) in [5, 5.41) is 25.8. The molecule has 0 saturated carbocycles. The van der Waals surface area contributed by atoms with Gasteiger partial charge in [-0.1, -0.05) is 19.9 Å². The fourth-order valence-electron chi connectivity index (χ4n) is 5.67. The number of pyridine rings is 1. The average Bonchev–Trinajstić information content (AvgIpc) is 3.62. The average molecular weight is 744 g/mol. The van der Waals surface area contributed by atoms with Crippen molar-refractivity contribution in [1.82, 2.24) is 29.6 Å². The van der Waals surface area contributed by atoms with E-state index in [4.69, 9.17) is 29.0 Å². The molecule has 19 heteroatoms. The number of nitrogens with two attached hydrogens (primary N) is 1. The van der Waals surface area contributed by atoms with Crippen LogP contribution in [0.5, 0.6) is 11.6 Å². The Morgan fingerprint density at radius 2 is 1.96 bits per heavy atom. The first kappa shape index (κ1) is 36.9. The van der Waals surface area contributed by atoms with Crippen LogP contribution in [0.1, 0.15) is 32.6 Å². The van der Waals surface area contributed by atoms with Crippen LogP contribution in [0, 0.1) is 17.6 Å². The van der Waals surface area contributed by atoms with Gasteiger partial charge in [-0.15, -0.1) is 0 Å². The number of ether oxygens (including phenoxy) is 3. The topological polar surface area (TPSA) is 215 Å². The van der Waals surface area contributed by atoms with Crippen molar-refractivity contribution in [3.63, 3.8) is 0 Å². The third kappa shape index (κ3) is 7.39. The minimum absolute atomic E-state index is 0.0770. The summed E-state index contributed by atoms with van der Waals surface area (Å²) in [6.45, 7) is 3.42. The number of anilines is 1. The molecule has 52 heavy (non-hydrogen) atoms. The third-order valence-electron chi connectivity index (χ3n) is 8.44. The van der Waals surface area contributed by atoms with E-state index in [-0.39, 0.29) is 34.3 Å². The van der Waals surface area contributed by atoms with Gasteiger partial charge in [0.1, 0.15) is 47.8 Å². The van der Waals surface area contributed by atoms with Crippen LogP contribution in [0.15, 0.2) is 61.1 Å². The van der Waals surface area contributed by atoms with E-state index < -0.39 is 74.6 Å². The van der Waals surface area contributed by atoms with E-state index in [9.17, 15) is 28.4 Å². The molecule has 3 aromatic heterocycles. The number of imidazole rings is 1. The first-order chi connectivity index (χ1) is 24.7.